The lowest BCUT2D eigenvalue weighted by molar-refractivity contribution is -0.121. The smallest absolute Gasteiger partial charge is 0.231 e. The van der Waals surface area contributed by atoms with Crippen molar-refractivity contribution in [3.63, 3.8) is 0 Å². The molecule has 2 aliphatic heterocycles. The fraction of sp³-hybridized carbons (Fsp3) is 0.500. The van der Waals surface area contributed by atoms with E-state index >= 15 is 0 Å². The predicted molar refractivity (Wildman–Crippen MR) is 77.8 cm³/mol. The third-order valence-electron chi connectivity index (χ3n) is 3.70. The summed E-state index contributed by atoms with van der Waals surface area (Å²) in [5.74, 6) is 1.69. The molecule has 108 valence electrons. The Hall–Kier alpha value is -1.27. The van der Waals surface area contributed by atoms with Crippen LogP contribution in [0.3, 0.4) is 0 Å². The standard InChI is InChI=1S/C14H17BrN2O3/c1-9-4-13(18)16-2-3-17(9)7-10-5-11(15)14-12(6-10)19-8-20-14/h5-6,9H,2-4,7-8H2,1H3,(H,16,18). The number of carbonyl (C=O) groups is 1. The van der Waals surface area contributed by atoms with Gasteiger partial charge in [-0.05, 0) is 40.5 Å². The van der Waals surface area contributed by atoms with Gasteiger partial charge in [0, 0.05) is 32.1 Å². The van der Waals surface area contributed by atoms with Gasteiger partial charge in [-0.1, -0.05) is 0 Å². The topological polar surface area (TPSA) is 50.8 Å². The summed E-state index contributed by atoms with van der Waals surface area (Å²) in [7, 11) is 0. The molecule has 1 atom stereocenters. The van der Waals surface area contributed by atoms with Crippen LogP contribution < -0.4 is 14.8 Å². The Kier molecular flexibility index (Phi) is 3.85. The molecule has 1 fully saturated rings. The molecule has 0 aromatic heterocycles. The summed E-state index contributed by atoms with van der Waals surface area (Å²) in [5.41, 5.74) is 1.15. The first-order chi connectivity index (χ1) is 9.63. The summed E-state index contributed by atoms with van der Waals surface area (Å²) in [4.78, 5) is 13.8. The second kappa shape index (κ2) is 5.61. The van der Waals surface area contributed by atoms with Crippen molar-refractivity contribution in [1.82, 2.24) is 10.2 Å². The highest BCUT2D eigenvalue weighted by Crippen LogP contribution is 2.40. The van der Waals surface area contributed by atoms with Gasteiger partial charge < -0.3 is 14.8 Å². The summed E-state index contributed by atoms with van der Waals surface area (Å²) in [6.07, 6.45) is 0.547. The van der Waals surface area contributed by atoms with Gasteiger partial charge in [0.15, 0.2) is 11.5 Å². The van der Waals surface area contributed by atoms with E-state index in [2.05, 4.69) is 39.1 Å². The maximum absolute atomic E-state index is 11.5. The maximum atomic E-state index is 11.5. The molecule has 0 radical (unpaired) electrons. The summed E-state index contributed by atoms with van der Waals surface area (Å²) in [6, 6.07) is 4.31. The fourth-order valence-electron chi connectivity index (χ4n) is 2.61. The van der Waals surface area contributed by atoms with Crippen LogP contribution in [0.25, 0.3) is 0 Å². The van der Waals surface area contributed by atoms with Crippen LogP contribution >= 0.6 is 15.9 Å². The van der Waals surface area contributed by atoms with Gasteiger partial charge in [-0.2, -0.15) is 0 Å². The van der Waals surface area contributed by atoms with Crippen molar-refractivity contribution in [1.29, 1.82) is 0 Å². The molecule has 1 saturated heterocycles. The molecule has 1 aromatic rings. The quantitative estimate of drug-likeness (QED) is 0.893. The Balaban J connectivity index is 1.77. The number of ether oxygens (including phenoxy) is 2. The molecule has 1 aromatic carbocycles. The van der Waals surface area contributed by atoms with Gasteiger partial charge >= 0.3 is 0 Å². The largest absolute Gasteiger partial charge is 0.454 e. The third kappa shape index (κ3) is 2.76. The molecule has 20 heavy (non-hydrogen) atoms. The Morgan fingerprint density at radius 1 is 1.45 bits per heavy atom. The van der Waals surface area contributed by atoms with Gasteiger partial charge in [0.25, 0.3) is 0 Å². The normalized spacial score (nSPS) is 22.5. The highest BCUT2D eigenvalue weighted by molar-refractivity contribution is 9.10. The average molecular weight is 341 g/mol. The molecule has 5 nitrogen and oxygen atoms in total. The maximum Gasteiger partial charge on any atom is 0.231 e. The lowest BCUT2D eigenvalue weighted by Gasteiger charge is -2.26. The summed E-state index contributed by atoms with van der Waals surface area (Å²) < 4.78 is 11.7. The molecule has 6 heteroatoms. The van der Waals surface area contributed by atoms with Gasteiger partial charge in [-0.3, -0.25) is 9.69 Å². The first-order valence-electron chi connectivity index (χ1n) is 6.72. The van der Waals surface area contributed by atoms with Crippen LogP contribution in [-0.4, -0.2) is 36.7 Å². The lowest BCUT2D eigenvalue weighted by Crippen LogP contribution is -2.33. The van der Waals surface area contributed by atoms with Crippen LogP contribution in [0, 0.1) is 0 Å². The number of hydrogen-bond acceptors (Lipinski definition) is 4. The number of nitrogens with zero attached hydrogens (tertiary/aromatic N) is 1. The number of benzene rings is 1. The van der Waals surface area contributed by atoms with Gasteiger partial charge in [0.1, 0.15) is 0 Å². The number of carbonyl (C=O) groups excluding carboxylic acids is 1. The average Bonchev–Trinajstić information content (AvgIpc) is 2.80. The third-order valence-corrected chi connectivity index (χ3v) is 4.29. The van der Waals surface area contributed by atoms with E-state index in [1.807, 2.05) is 6.07 Å². The van der Waals surface area contributed by atoms with Crippen LogP contribution in [0.5, 0.6) is 11.5 Å². The second-order valence-electron chi connectivity index (χ2n) is 5.19. The van der Waals surface area contributed by atoms with E-state index in [4.69, 9.17) is 9.47 Å². The van der Waals surface area contributed by atoms with Gasteiger partial charge in [0.05, 0.1) is 4.47 Å². The van der Waals surface area contributed by atoms with Crippen molar-refractivity contribution < 1.29 is 14.3 Å². The number of amides is 1. The molecule has 0 saturated carbocycles. The Labute approximate surface area is 126 Å². The summed E-state index contributed by atoms with van der Waals surface area (Å²) >= 11 is 3.51. The molecule has 2 aliphatic rings. The zero-order valence-corrected chi connectivity index (χ0v) is 12.9. The zero-order valence-electron chi connectivity index (χ0n) is 11.3. The van der Waals surface area contributed by atoms with Gasteiger partial charge in [0.2, 0.25) is 12.7 Å². The minimum atomic E-state index is 0.131. The Morgan fingerprint density at radius 3 is 3.15 bits per heavy atom. The van der Waals surface area contributed by atoms with Crippen molar-refractivity contribution in [3.05, 3.63) is 22.2 Å². The molecule has 0 aliphatic carbocycles. The van der Waals surface area contributed by atoms with E-state index < -0.39 is 0 Å². The highest BCUT2D eigenvalue weighted by atomic mass is 79.9. The summed E-state index contributed by atoms with van der Waals surface area (Å²) in [6.45, 7) is 4.72. The molecule has 1 N–H and O–H groups in total. The Bertz CT molecular complexity index is 535. The number of halogens is 1. The first kappa shape index (κ1) is 13.7. The first-order valence-corrected chi connectivity index (χ1v) is 7.51. The van der Waals surface area contributed by atoms with Crippen LogP contribution in [-0.2, 0) is 11.3 Å². The van der Waals surface area contributed by atoms with E-state index in [0.717, 1.165) is 34.6 Å². The van der Waals surface area contributed by atoms with Gasteiger partial charge in [-0.25, -0.2) is 0 Å². The molecular formula is C14H17BrN2O3. The molecular weight excluding hydrogens is 324 g/mol. The SMILES string of the molecule is CC1CC(=O)NCCN1Cc1cc(Br)c2c(c1)OCO2. The van der Waals surface area contributed by atoms with Crippen LogP contribution in [0.1, 0.15) is 18.9 Å². The van der Waals surface area contributed by atoms with E-state index in [1.165, 1.54) is 0 Å². The Morgan fingerprint density at radius 2 is 2.30 bits per heavy atom. The molecule has 2 heterocycles. The van der Waals surface area contributed by atoms with E-state index in [0.29, 0.717) is 13.0 Å². The van der Waals surface area contributed by atoms with Crippen LogP contribution in [0.4, 0.5) is 0 Å². The zero-order chi connectivity index (χ0) is 14.1. The second-order valence-corrected chi connectivity index (χ2v) is 6.04. The lowest BCUT2D eigenvalue weighted by atomic mass is 10.1. The molecule has 1 amide bonds. The van der Waals surface area contributed by atoms with E-state index in [-0.39, 0.29) is 18.7 Å². The number of rotatable bonds is 2. The van der Waals surface area contributed by atoms with Crippen molar-refractivity contribution in [3.8, 4) is 11.5 Å². The molecule has 0 spiro atoms. The monoisotopic (exact) mass is 340 g/mol. The fourth-order valence-corrected chi connectivity index (χ4v) is 3.21. The van der Waals surface area contributed by atoms with Crippen molar-refractivity contribution in [2.45, 2.75) is 25.9 Å². The predicted octanol–water partition coefficient (Wildman–Crippen LogP) is 1.89. The minimum Gasteiger partial charge on any atom is -0.454 e. The highest BCUT2D eigenvalue weighted by Gasteiger charge is 2.23. The minimum absolute atomic E-state index is 0.131. The summed E-state index contributed by atoms with van der Waals surface area (Å²) in [5, 5.41) is 2.91. The number of fused-ring (bicyclic) bond motifs is 1. The molecule has 1 unspecified atom stereocenters. The van der Waals surface area contributed by atoms with Gasteiger partial charge in [-0.15, -0.1) is 0 Å². The number of nitrogens with one attached hydrogen (secondary N) is 1. The van der Waals surface area contributed by atoms with Crippen molar-refractivity contribution >= 4 is 21.8 Å². The molecule has 3 rings (SSSR count). The van der Waals surface area contributed by atoms with Crippen molar-refractivity contribution in [2.75, 3.05) is 19.9 Å². The van der Waals surface area contributed by atoms with Crippen LogP contribution in [0.15, 0.2) is 16.6 Å². The van der Waals surface area contributed by atoms with E-state index in [1.54, 1.807) is 0 Å². The van der Waals surface area contributed by atoms with Crippen molar-refractivity contribution in [2.24, 2.45) is 0 Å². The number of hydrogen-bond donors (Lipinski definition) is 1. The molecule has 0 bridgehead atoms. The van der Waals surface area contributed by atoms with E-state index in [9.17, 15) is 4.79 Å². The van der Waals surface area contributed by atoms with Crippen LogP contribution in [0.2, 0.25) is 0 Å².